The van der Waals surface area contributed by atoms with Crippen LogP contribution in [0.2, 0.25) is 0 Å². The van der Waals surface area contributed by atoms with Crippen molar-refractivity contribution in [2.45, 2.75) is 10.8 Å². The van der Waals surface area contributed by atoms with E-state index >= 15 is 0 Å². The number of non-ortho nitro benzene ring substituents is 1. The van der Waals surface area contributed by atoms with Crippen LogP contribution in [-0.4, -0.2) is 10.0 Å². The van der Waals surface area contributed by atoms with Gasteiger partial charge in [-0.3, -0.25) is 10.1 Å². The van der Waals surface area contributed by atoms with Crippen LogP contribution < -0.4 is 0 Å². The second-order valence-electron chi connectivity index (χ2n) is 6.16. The number of nitro groups is 1. The number of hydrogen-bond acceptors (Lipinski definition) is 7. The number of rotatable bonds is 7. The van der Waals surface area contributed by atoms with Crippen LogP contribution in [-0.2, 0) is 0 Å². The fraction of sp³-hybridized carbons (Fsp3) is 0.0909. The Hall–Kier alpha value is -3.59. The maximum atomic E-state index is 11.1. The number of aliphatic hydroxyl groups is 1. The van der Waals surface area contributed by atoms with Crippen molar-refractivity contribution in [2.24, 2.45) is 5.92 Å². The van der Waals surface area contributed by atoms with Crippen molar-refractivity contribution >= 4 is 34.5 Å². The molecule has 3 aromatic rings. The molecule has 0 radical (unpaired) electrons. The number of allylic oxidation sites excluding steroid dienone is 1. The van der Waals surface area contributed by atoms with Crippen molar-refractivity contribution in [2.75, 3.05) is 0 Å². The molecule has 1 atom stereocenters. The lowest BCUT2D eigenvalue weighted by Gasteiger charge is -2.21. The van der Waals surface area contributed by atoms with Gasteiger partial charge in [-0.1, -0.05) is 48.2 Å². The third-order valence-corrected chi connectivity index (χ3v) is 6.43. The Kier molecular flexibility index (Phi) is 6.87. The fourth-order valence-corrected chi connectivity index (χ4v) is 4.93. The number of aliphatic hydroxyl groups excluding tert-OH is 1. The predicted molar refractivity (Wildman–Crippen MR) is 117 cm³/mol. The van der Waals surface area contributed by atoms with Crippen LogP contribution in [0, 0.1) is 38.7 Å². The van der Waals surface area contributed by atoms with Crippen molar-refractivity contribution in [3.63, 3.8) is 0 Å². The molecule has 1 heterocycles. The van der Waals surface area contributed by atoms with Gasteiger partial charge in [0.25, 0.3) is 5.69 Å². The van der Waals surface area contributed by atoms with Crippen molar-refractivity contribution < 1.29 is 10.0 Å². The van der Waals surface area contributed by atoms with E-state index in [1.54, 1.807) is 36.4 Å². The first-order valence-electron chi connectivity index (χ1n) is 8.78. The highest BCUT2D eigenvalue weighted by Crippen LogP contribution is 2.46. The van der Waals surface area contributed by atoms with Crippen molar-refractivity contribution in [3.8, 4) is 12.1 Å². The second kappa shape index (κ2) is 9.75. The second-order valence-corrected chi connectivity index (χ2v) is 8.26. The van der Waals surface area contributed by atoms with Crippen molar-refractivity contribution in [1.29, 1.82) is 10.5 Å². The first-order valence-corrected chi connectivity index (χ1v) is 10.5. The number of thiophene rings is 1. The van der Waals surface area contributed by atoms with E-state index in [4.69, 9.17) is 0 Å². The van der Waals surface area contributed by atoms with E-state index in [0.29, 0.717) is 15.4 Å². The molecule has 0 amide bonds. The molecule has 1 N–H and O–H groups in total. The molecule has 0 saturated carbocycles. The molecule has 148 valence electrons. The summed E-state index contributed by atoms with van der Waals surface area (Å²) in [6.07, 6.45) is 0. The molecule has 0 unspecified atom stereocenters. The monoisotopic (exact) mass is 433 g/mol. The molecule has 0 aliphatic rings. The largest absolute Gasteiger partial charge is 0.506 e. The summed E-state index contributed by atoms with van der Waals surface area (Å²) in [7, 11) is 0. The predicted octanol–water partition coefficient (Wildman–Crippen LogP) is 6.12. The van der Waals surface area contributed by atoms with E-state index < -0.39 is 16.8 Å². The molecule has 3 rings (SSSR count). The van der Waals surface area contributed by atoms with E-state index in [1.165, 1.54) is 35.2 Å². The van der Waals surface area contributed by atoms with Gasteiger partial charge in [-0.2, -0.15) is 10.5 Å². The van der Waals surface area contributed by atoms with Crippen molar-refractivity contribution in [1.82, 2.24) is 0 Å². The Morgan fingerprint density at radius 3 is 2.23 bits per heavy atom. The van der Waals surface area contributed by atoms with Gasteiger partial charge in [0.2, 0.25) is 0 Å². The topological polar surface area (TPSA) is 111 Å². The molecule has 0 bridgehead atoms. The zero-order valence-corrected chi connectivity index (χ0v) is 17.1. The third kappa shape index (κ3) is 4.69. The number of benzene rings is 2. The van der Waals surface area contributed by atoms with Crippen LogP contribution in [0.25, 0.3) is 5.76 Å². The molecule has 8 heteroatoms. The third-order valence-electron chi connectivity index (χ3n) is 4.30. The normalized spacial score (nSPS) is 12.5. The van der Waals surface area contributed by atoms with E-state index in [0.717, 1.165) is 4.88 Å². The summed E-state index contributed by atoms with van der Waals surface area (Å²) < 4.78 is 0. The summed E-state index contributed by atoms with van der Waals surface area (Å²) in [6.45, 7) is 0. The van der Waals surface area contributed by atoms with E-state index in [2.05, 4.69) is 0 Å². The van der Waals surface area contributed by atoms with Gasteiger partial charge in [0.1, 0.15) is 11.7 Å². The molecule has 30 heavy (non-hydrogen) atoms. The summed E-state index contributed by atoms with van der Waals surface area (Å²) in [5, 5.41) is 43.1. The minimum atomic E-state index is -1.02. The number of nitrogens with zero attached hydrogens (tertiary/aromatic N) is 3. The molecular formula is C22H15N3O3S2. The molecule has 0 spiro atoms. The Labute approximate surface area is 181 Å². The van der Waals surface area contributed by atoms with Crippen LogP contribution in [0.15, 0.2) is 81.9 Å². The van der Waals surface area contributed by atoms with E-state index in [1.807, 2.05) is 35.7 Å². The number of nitro benzene ring substituents is 1. The summed E-state index contributed by atoms with van der Waals surface area (Å²) in [6, 6.07) is 22.5. The zero-order valence-electron chi connectivity index (χ0n) is 15.5. The van der Waals surface area contributed by atoms with E-state index in [9.17, 15) is 25.7 Å². The van der Waals surface area contributed by atoms with Crippen LogP contribution in [0.3, 0.4) is 0 Å². The summed E-state index contributed by atoms with van der Waals surface area (Å²) in [4.78, 5) is 12.3. The Morgan fingerprint density at radius 2 is 1.70 bits per heavy atom. The number of thioether (sulfide) groups is 1. The maximum absolute atomic E-state index is 11.1. The molecular weight excluding hydrogens is 418 g/mol. The molecule has 0 aliphatic carbocycles. The highest BCUT2D eigenvalue weighted by molar-refractivity contribution is 8.03. The minimum Gasteiger partial charge on any atom is -0.506 e. The quantitative estimate of drug-likeness (QED) is 0.208. The summed E-state index contributed by atoms with van der Waals surface area (Å²) in [5.74, 6) is -1.72. The average molecular weight is 434 g/mol. The minimum absolute atomic E-state index is 0.0344. The molecule has 6 nitrogen and oxygen atoms in total. The van der Waals surface area contributed by atoms with Gasteiger partial charge in [-0.05, 0) is 23.6 Å². The first kappa shape index (κ1) is 21.1. The Morgan fingerprint density at radius 1 is 1.03 bits per heavy atom. The standard InChI is InChI=1S/C22H15N3O3S2/c23-13-16(14-24)20(19-7-4-12-29-19)22(21(26)15-5-2-1-3-6-15)30-18-10-8-17(9-11-18)25(27)28/h1-12,16,20,26H/b22-21-/t20-/m0/s1. The van der Waals surface area contributed by atoms with Crippen LogP contribution in [0.4, 0.5) is 5.69 Å². The van der Waals surface area contributed by atoms with Gasteiger partial charge in [0.05, 0.1) is 23.0 Å². The first-order chi connectivity index (χ1) is 14.5. The number of hydrogen-bond donors (Lipinski definition) is 1. The van der Waals surface area contributed by atoms with E-state index in [-0.39, 0.29) is 11.4 Å². The van der Waals surface area contributed by atoms with Gasteiger partial charge >= 0.3 is 0 Å². The van der Waals surface area contributed by atoms with Gasteiger partial charge < -0.3 is 5.11 Å². The SMILES string of the molecule is N#CC(C#N)[C@H](/C(Sc1ccc([N+](=O)[O-])cc1)=C(/O)c1ccccc1)c1cccs1. The highest BCUT2D eigenvalue weighted by atomic mass is 32.2. The average Bonchev–Trinajstić information content (AvgIpc) is 3.31. The lowest BCUT2D eigenvalue weighted by atomic mass is 9.91. The molecule has 1 aromatic heterocycles. The Balaban J connectivity index is 2.15. The fourth-order valence-electron chi connectivity index (χ4n) is 2.85. The van der Waals surface area contributed by atoms with Crippen LogP contribution in [0.5, 0.6) is 0 Å². The van der Waals surface area contributed by atoms with Gasteiger partial charge in [-0.15, -0.1) is 11.3 Å². The van der Waals surface area contributed by atoms with Gasteiger partial charge in [0.15, 0.2) is 0 Å². The smallest absolute Gasteiger partial charge is 0.269 e. The summed E-state index contributed by atoms with van der Waals surface area (Å²) >= 11 is 2.59. The number of nitriles is 2. The zero-order chi connectivity index (χ0) is 21.5. The Bertz CT molecular complexity index is 1120. The lowest BCUT2D eigenvalue weighted by molar-refractivity contribution is -0.384. The van der Waals surface area contributed by atoms with Crippen LogP contribution in [0.1, 0.15) is 16.4 Å². The molecule has 0 saturated heterocycles. The van der Waals surface area contributed by atoms with Gasteiger partial charge in [0, 0.05) is 32.4 Å². The highest BCUT2D eigenvalue weighted by Gasteiger charge is 2.31. The molecule has 2 aromatic carbocycles. The molecule has 0 fully saturated rings. The maximum Gasteiger partial charge on any atom is 0.269 e. The lowest BCUT2D eigenvalue weighted by Crippen LogP contribution is -2.12. The molecule has 0 aliphatic heterocycles. The van der Waals surface area contributed by atoms with Crippen molar-refractivity contribution in [3.05, 3.63) is 97.6 Å². The summed E-state index contributed by atoms with van der Waals surface area (Å²) in [5.41, 5.74) is 0.511. The van der Waals surface area contributed by atoms with Crippen LogP contribution >= 0.6 is 23.1 Å². The van der Waals surface area contributed by atoms with Gasteiger partial charge in [-0.25, -0.2) is 0 Å².